The van der Waals surface area contributed by atoms with Gasteiger partial charge in [0.05, 0.1) is 5.52 Å². The topological polar surface area (TPSA) is 83.8 Å². The molecule has 5 nitrogen and oxygen atoms in total. The molecule has 0 bridgehead atoms. The summed E-state index contributed by atoms with van der Waals surface area (Å²) in [6.45, 7) is -1.40. The van der Waals surface area contributed by atoms with Crippen LogP contribution in [-0.2, 0) is 0 Å². The van der Waals surface area contributed by atoms with Crippen LogP contribution in [0.5, 0.6) is 0 Å². The Morgan fingerprint density at radius 3 is 2.83 bits per heavy atom. The molecule has 18 heavy (non-hydrogen) atoms. The van der Waals surface area contributed by atoms with Crippen molar-refractivity contribution < 1.29 is 18.0 Å². The first-order chi connectivity index (χ1) is 8.37. The molecule has 1 heterocycles. The lowest BCUT2D eigenvalue weighted by Gasteiger charge is -2.06. The first kappa shape index (κ1) is 12.2. The number of amides is 1. The Bertz CT molecular complexity index is 590. The van der Waals surface area contributed by atoms with E-state index in [0.717, 1.165) is 0 Å². The fourth-order valence-electron chi connectivity index (χ4n) is 1.47. The second-order valence-electron chi connectivity index (χ2n) is 3.68. The maximum Gasteiger partial charge on any atom is 0.405 e. The quantitative estimate of drug-likeness (QED) is 0.712. The molecule has 2 aromatic rings. The van der Waals surface area contributed by atoms with Gasteiger partial charge in [0.2, 0.25) is 0 Å². The summed E-state index contributed by atoms with van der Waals surface area (Å²) in [6, 6.07) is 4.66. The average molecular weight is 258 g/mol. The predicted octanol–water partition coefficient (Wildman–Crippen LogP) is 1.44. The number of nitrogens with one attached hydrogen (secondary N) is 2. The number of aromatic nitrogens is 2. The number of nitrogens with zero attached hydrogens (tertiary/aromatic N) is 1. The molecule has 1 aromatic carbocycles. The van der Waals surface area contributed by atoms with Crippen molar-refractivity contribution in [3.8, 4) is 0 Å². The highest BCUT2D eigenvalue weighted by Gasteiger charge is 2.28. The number of halogens is 3. The minimum absolute atomic E-state index is 0.110. The van der Waals surface area contributed by atoms with Crippen molar-refractivity contribution in [1.29, 1.82) is 0 Å². The molecule has 0 spiro atoms. The highest BCUT2D eigenvalue weighted by atomic mass is 19.4. The van der Waals surface area contributed by atoms with E-state index in [1.54, 1.807) is 17.4 Å². The van der Waals surface area contributed by atoms with Crippen LogP contribution in [0, 0.1) is 0 Å². The summed E-state index contributed by atoms with van der Waals surface area (Å²) in [5, 5.41) is 8.36. The summed E-state index contributed by atoms with van der Waals surface area (Å²) in [4.78, 5) is 11.5. The first-order valence-electron chi connectivity index (χ1n) is 4.95. The van der Waals surface area contributed by atoms with E-state index in [1.165, 1.54) is 6.07 Å². The third-order valence-electron chi connectivity index (χ3n) is 2.25. The van der Waals surface area contributed by atoms with E-state index < -0.39 is 18.6 Å². The van der Waals surface area contributed by atoms with Gasteiger partial charge in [-0.3, -0.25) is 9.89 Å². The first-order valence-corrected chi connectivity index (χ1v) is 4.95. The molecule has 2 rings (SSSR count). The fourth-order valence-corrected chi connectivity index (χ4v) is 1.47. The van der Waals surface area contributed by atoms with E-state index in [9.17, 15) is 18.0 Å². The van der Waals surface area contributed by atoms with E-state index in [0.29, 0.717) is 16.6 Å². The number of anilines is 1. The van der Waals surface area contributed by atoms with Gasteiger partial charge in [-0.15, -0.1) is 0 Å². The molecule has 0 unspecified atom stereocenters. The van der Waals surface area contributed by atoms with Crippen molar-refractivity contribution in [2.45, 2.75) is 6.18 Å². The number of H-pyrrole nitrogens is 1. The lowest BCUT2D eigenvalue weighted by Crippen LogP contribution is -2.34. The minimum Gasteiger partial charge on any atom is -0.399 e. The zero-order valence-electron chi connectivity index (χ0n) is 9.01. The Morgan fingerprint density at radius 2 is 2.17 bits per heavy atom. The Balaban J connectivity index is 2.25. The summed E-state index contributed by atoms with van der Waals surface area (Å²) in [7, 11) is 0. The van der Waals surface area contributed by atoms with Gasteiger partial charge in [0.15, 0.2) is 5.69 Å². The summed E-state index contributed by atoms with van der Waals surface area (Å²) in [6.07, 6.45) is -4.46. The van der Waals surface area contributed by atoms with Gasteiger partial charge in [0.1, 0.15) is 6.54 Å². The Hall–Kier alpha value is -2.25. The van der Waals surface area contributed by atoms with Crippen molar-refractivity contribution in [3.05, 3.63) is 23.9 Å². The van der Waals surface area contributed by atoms with Crippen molar-refractivity contribution in [1.82, 2.24) is 15.5 Å². The standard InChI is InChI=1S/C10H9F3N4O/c11-10(12,13)4-15-9(18)8-6-3-5(14)1-2-7(6)16-17-8/h1-3H,4,14H2,(H,15,18)(H,16,17). The molecule has 8 heteroatoms. The number of alkyl halides is 3. The Morgan fingerprint density at radius 1 is 1.44 bits per heavy atom. The van der Waals surface area contributed by atoms with Gasteiger partial charge in [0, 0.05) is 11.1 Å². The van der Waals surface area contributed by atoms with Gasteiger partial charge in [-0.05, 0) is 18.2 Å². The number of carbonyl (C=O) groups excluding carboxylic acids is 1. The van der Waals surface area contributed by atoms with Crippen LogP contribution in [0.2, 0.25) is 0 Å². The van der Waals surface area contributed by atoms with Crippen molar-refractivity contribution >= 4 is 22.5 Å². The number of carbonyl (C=O) groups is 1. The van der Waals surface area contributed by atoms with Crippen LogP contribution in [0.1, 0.15) is 10.5 Å². The zero-order valence-corrected chi connectivity index (χ0v) is 9.01. The third kappa shape index (κ3) is 2.53. The molecule has 0 saturated heterocycles. The van der Waals surface area contributed by atoms with Crippen molar-refractivity contribution in [2.75, 3.05) is 12.3 Å². The van der Waals surface area contributed by atoms with E-state index in [2.05, 4.69) is 10.2 Å². The molecule has 0 aliphatic carbocycles. The molecular weight excluding hydrogens is 249 g/mol. The maximum atomic E-state index is 12.0. The second-order valence-corrected chi connectivity index (χ2v) is 3.68. The highest BCUT2D eigenvalue weighted by Crippen LogP contribution is 2.19. The van der Waals surface area contributed by atoms with E-state index in [1.807, 2.05) is 0 Å². The van der Waals surface area contributed by atoms with Gasteiger partial charge >= 0.3 is 6.18 Å². The number of fused-ring (bicyclic) bond motifs is 1. The number of hydrogen-bond donors (Lipinski definition) is 3. The fraction of sp³-hybridized carbons (Fsp3) is 0.200. The van der Waals surface area contributed by atoms with Crippen LogP contribution in [0.4, 0.5) is 18.9 Å². The van der Waals surface area contributed by atoms with Gasteiger partial charge in [0.25, 0.3) is 5.91 Å². The van der Waals surface area contributed by atoms with Crippen LogP contribution < -0.4 is 11.1 Å². The molecule has 1 amide bonds. The van der Waals surface area contributed by atoms with E-state index in [4.69, 9.17) is 5.73 Å². The van der Waals surface area contributed by atoms with Gasteiger partial charge < -0.3 is 11.1 Å². The predicted molar refractivity (Wildman–Crippen MR) is 58.9 cm³/mol. The van der Waals surface area contributed by atoms with Crippen LogP contribution in [0.25, 0.3) is 10.9 Å². The van der Waals surface area contributed by atoms with Crippen LogP contribution in [0.15, 0.2) is 18.2 Å². The Labute approximate surface area is 99.2 Å². The maximum absolute atomic E-state index is 12.0. The van der Waals surface area contributed by atoms with Gasteiger partial charge in [-0.2, -0.15) is 18.3 Å². The minimum atomic E-state index is -4.46. The molecule has 0 fully saturated rings. The van der Waals surface area contributed by atoms with E-state index >= 15 is 0 Å². The second kappa shape index (κ2) is 4.21. The number of benzene rings is 1. The van der Waals surface area contributed by atoms with E-state index in [-0.39, 0.29) is 5.69 Å². The molecule has 0 saturated carbocycles. The van der Waals surface area contributed by atoms with Crippen molar-refractivity contribution in [2.24, 2.45) is 0 Å². The third-order valence-corrected chi connectivity index (χ3v) is 2.25. The Kier molecular flexibility index (Phi) is 2.85. The molecule has 1 aromatic heterocycles. The summed E-state index contributed by atoms with van der Waals surface area (Å²) in [5.41, 5.74) is 6.36. The summed E-state index contributed by atoms with van der Waals surface area (Å²) in [5.74, 6) is -0.899. The molecule has 0 radical (unpaired) electrons. The monoisotopic (exact) mass is 258 g/mol. The number of rotatable bonds is 2. The lowest BCUT2D eigenvalue weighted by molar-refractivity contribution is -0.123. The summed E-state index contributed by atoms with van der Waals surface area (Å²) >= 11 is 0. The number of nitrogens with two attached hydrogens (primary N) is 1. The molecule has 0 aliphatic heterocycles. The summed E-state index contributed by atoms with van der Waals surface area (Å²) < 4.78 is 35.9. The average Bonchev–Trinajstić information content (AvgIpc) is 2.67. The van der Waals surface area contributed by atoms with Gasteiger partial charge in [-0.25, -0.2) is 0 Å². The number of nitrogen functional groups attached to an aromatic ring is 1. The largest absolute Gasteiger partial charge is 0.405 e. The number of hydrogen-bond acceptors (Lipinski definition) is 3. The zero-order chi connectivity index (χ0) is 13.3. The normalized spacial score (nSPS) is 11.7. The van der Waals surface area contributed by atoms with Crippen LogP contribution in [0.3, 0.4) is 0 Å². The molecule has 96 valence electrons. The molecule has 0 aliphatic rings. The lowest BCUT2D eigenvalue weighted by atomic mass is 10.2. The SMILES string of the molecule is Nc1ccc2[nH]nc(C(=O)NCC(F)(F)F)c2c1. The molecule has 4 N–H and O–H groups in total. The van der Waals surface area contributed by atoms with Crippen molar-refractivity contribution in [3.63, 3.8) is 0 Å². The van der Waals surface area contributed by atoms with Crippen LogP contribution >= 0.6 is 0 Å². The highest BCUT2D eigenvalue weighted by molar-refractivity contribution is 6.05. The number of aromatic amines is 1. The molecular formula is C10H9F3N4O. The van der Waals surface area contributed by atoms with Gasteiger partial charge in [-0.1, -0.05) is 0 Å². The molecule has 0 atom stereocenters. The smallest absolute Gasteiger partial charge is 0.399 e. The van der Waals surface area contributed by atoms with Crippen LogP contribution in [-0.4, -0.2) is 28.8 Å².